The lowest BCUT2D eigenvalue weighted by Crippen LogP contribution is -2.50. The van der Waals surface area contributed by atoms with E-state index in [0.29, 0.717) is 28.6 Å². The molecule has 2 aromatic carbocycles. The Morgan fingerprint density at radius 2 is 1.69 bits per heavy atom. The first-order chi connectivity index (χ1) is 15.3. The van der Waals surface area contributed by atoms with E-state index in [-0.39, 0.29) is 5.92 Å². The third-order valence-corrected chi connectivity index (χ3v) is 7.31. The van der Waals surface area contributed by atoms with Gasteiger partial charge in [-0.15, -0.1) is 0 Å². The predicted octanol–water partition coefficient (Wildman–Crippen LogP) is 5.46. The number of carbonyl (C=O) groups is 3. The molecule has 32 heavy (non-hydrogen) atoms. The standard InChI is InChI=1S/C25H27N3O3S/c1-5-14(3)16-11-12-19-20(13-16)32-25(26-19)27-22(29)21(15(4)6-2)28-23(30)17-9-7-8-10-18(17)24(28)31/h7-15,21H,5-6H2,1-4H3,(H,26,27,29). The van der Waals surface area contributed by atoms with Crippen LogP contribution in [0.25, 0.3) is 10.2 Å². The van der Waals surface area contributed by atoms with E-state index in [0.717, 1.165) is 21.5 Å². The van der Waals surface area contributed by atoms with Crippen molar-refractivity contribution < 1.29 is 14.4 Å². The van der Waals surface area contributed by atoms with Crippen LogP contribution in [0, 0.1) is 5.92 Å². The van der Waals surface area contributed by atoms with Crippen LogP contribution in [0.5, 0.6) is 0 Å². The molecule has 1 aliphatic heterocycles. The number of fused-ring (bicyclic) bond motifs is 2. The molecule has 3 amide bonds. The summed E-state index contributed by atoms with van der Waals surface area (Å²) in [5, 5.41) is 3.35. The van der Waals surface area contributed by atoms with Gasteiger partial charge in [-0.25, -0.2) is 4.98 Å². The minimum absolute atomic E-state index is 0.205. The Morgan fingerprint density at radius 1 is 1.03 bits per heavy atom. The van der Waals surface area contributed by atoms with E-state index in [1.165, 1.54) is 16.9 Å². The lowest BCUT2D eigenvalue weighted by Gasteiger charge is -2.29. The van der Waals surface area contributed by atoms with Crippen molar-refractivity contribution >= 4 is 44.4 Å². The highest BCUT2D eigenvalue weighted by Crippen LogP contribution is 2.32. The number of nitrogens with one attached hydrogen (secondary N) is 1. The molecule has 0 fully saturated rings. The molecule has 0 bridgehead atoms. The van der Waals surface area contributed by atoms with E-state index in [9.17, 15) is 14.4 Å². The van der Waals surface area contributed by atoms with Crippen LogP contribution in [0.1, 0.15) is 72.7 Å². The first-order valence-corrected chi connectivity index (χ1v) is 11.9. The topological polar surface area (TPSA) is 79.4 Å². The van der Waals surface area contributed by atoms with Gasteiger partial charge in [-0.05, 0) is 48.1 Å². The van der Waals surface area contributed by atoms with Gasteiger partial charge in [0, 0.05) is 0 Å². The molecule has 0 radical (unpaired) electrons. The second-order valence-electron chi connectivity index (χ2n) is 8.40. The molecule has 2 heterocycles. The highest BCUT2D eigenvalue weighted by atomic mass is 32.1. The monoisotopic (exact) mass is 449 g/mol. The summed E-state index contributed by atoms with van der Waals surface area (Å²) in [7, 11) is 0. The molecule has 0 aliphatic carbocycles. The summed E-state index contributed by atoms with van der Waals surface area (Å²) >= 11 is 1.40. The van der Waals surface area contributed by atoms with Gasteiger partial charge in [0.25, 0.3) is 11.8 Å². The minimum Gasteiger partial charge on any atom is -0.300 e. The van der Waals surface area contributed by atoms with Crippen LogP contribution in [-0.4, -0.2) is 33.6 Å². The zero-order valence-electron chi connectivity index (χ0n) is 18.7. The maximum Gasteiger partial charge on any atom is 0.262 e. The number of anilines is 1. The Hall–Kier alpha value is -3.06. The second-order valence-corrected chi connectivity index (χ2v) is 9.43. The molecule has 0 saturated carbocycles. The summed E-state index contributed by atoms with van der Waals surface area (Å²) in [5.74, 6) is -0.996. The highest BCUT2D eigenvalue weighted by molar-refractivity contribution is 7.22. The normalized spacial score (nSPS) is 16.2. The van der Waals surface area contributed by atoms with Crippen LogP contribution < -0.4 is 5.32 Å². The molecule has 3 atom stereocenters. The number of thiazole rings is 1. The van der Waals surface area contributed by atoms with Crippen LogP contribution in [-0.2, 0) is 4.79 Å². The Morgan fingerprint density at radius 3 is 2.28 bits per heavy atom. The van der Waals surface area contributed by atoms with Gasteiger partial charge in [-0.1, -0.05) is 63.7 Å². The van der Waals surface area contributed by atoms with Gasteiger partial charge >= 0.3 is 0 Å². The quantitative estimate of drug-likeness (QED) is 0.486. The van der Waals surface area contributed by atoms with E-state index in [1.54, 1.807) is 24.3 Å². The number of aromatic nitrogens is 1. The van der Waals surface area contributed by atoms with Crippen LogP contribution in [0.4, 0.5) is 5.13 Å². The molecule has 166 valence electrons. The van der Waals surface area contributed by atoms with E-state index < -0.39 is 23.8 Å². The highest BCUT2D eigenvalue weighted by Gasteiger charge is 2.44. The Kier molecular flexibility index (Phi) is 6.11. The third-order valence-electron chi connectivity index (χ3n) is 6.38. The predicted molar refractivity (Wildman–Crippen MR) is 127 cm³/mol. The fourth-order valence-corrected chi connectivity index (χ4v) is 4.95. The summed E-state index contributed by atoms with van der Waals surface area (Å²) in [6.45, 7) is 8.16. The maximum absolute atomic E-state index is 13.3. The van der Waals surface area contributed by atoms with Gasteiger partial charge in [0.15, 0.2) is 5.13 Å². The SMILES string of the molecule is CCC(C)c1ccc2nc(NC(=O)C(C(C)CC)N3C(=O)c4ccccc4C3=O)sc2c1. The Labute approximate surface area is 191 Å². The van der Waals surface area contributed by atoms with Crippen LogP contribution in [0.3, 0.4) is 0 Å². The number of hydrogen-bond acceptors (Lipinski definition) is 5. The summed E-state index contributed by atoms with van der Waals surface area (Å²) in [5.41, 5.74) is 2.75. The third kappa shape index (κ3) is 3.81. The molecule has 7 heteroatoms. The number of amides is 3. The van der Waals surface area contributed by atoms with Gasteiger partial charge in [0.2, 0.25) is 5.91 Å². The molecular formula is C25H27N3O3S. The van der Waals surface area contributed by atoms with Crippen LogP contribution in [0.15, 0.2) is 42.5 Å². The van der Waals surface area contributed by atoms with E-state index in [4.69, 9.17) is 0 Å². The Bertz CT molecular complexity index is 1170. The molecule has 1 N–H and O–H groups in total. The van der Waals surface area contributed by atoms with Crippen molar-refractivity contribution in [1.82, 2.24) is 9.88 Å². The summed E-state index contributed by atoms with van der Waals surface area (Å²) in [4.78, 5) is 45.0. The number of hydrogen-bond donors (Lipinski definition) is 1. The fourth-order valence-electron chi connectivity index (χ4n) is 4.03. The fraction of sp³-hybridized carbons (Fsp3) is 0.360. The number of imide groups is 1. The average Bonchev–Trinajstić information content (AvgIpc) is 3.31. The molecule has 1 aliphatic rings. The first kappa shape index (κ1) is 22.1. The van der Waals surface area contributed by atoms with Crippen molar-refractivity contribution in [2.45, 2.75) is 52.5 Å². The lowest BCUT2D eigenvalue weighted by molar-refractivity contribution is -0.121. The minimum atomic E-state index is -0.907. The number of carbonyl (C=O) groups excluding carboxylic acids is 3. The molecular weight excluding hydrogens is 422 g/mol. The second kappa shape index (κ2) is 8.82. The van der Waals surface area contributed by atoms with Gasteiger partial charge < -0.3 is 5.32 Å². The molecule has 4 rings (SSSR count). The van der Waals surface area contributed by atoms with Crippen molar-refractivity contribution in [2.75, 3.05) is 5.32 Å². The Balaban J connectivity index is 1.62. The smallest absolute Gasteiger partial charge is 0.262 e. The van der Waals surface area contributed by atoms with Crippen molar-refractivity contribution in [1.29, 1.82) is 0 Å². The number of benzene rings is 2. The molecule has 0 spiro atoms. The van der Waals surface area contributed by atoms with Crippen molar-refractivity contribution in [3.63, 3.8) is 0 Å². The zero-order chi connectivity index (χ0) is 23.0. The molecule has 3 unspecified atom stereocenters. The average molecular weight is 450 g/mol. The van der Waals surface area contributed by atoms with E-state index >= 15 is 0 Å². The molecule has 6 nitrogen and oxygen atoms in total. The molecule has 3 aromatic rings. The largest absolute Gasteiger partial charge is 0.300 e. The van der Waals surface area contributed by atoms with Crippen molar-refractivity contribution in [2.24, 2.45) is 5.92 Å². The first-order valence-electron chi connectivity index (χ1n) is 11.0. The van der Waals surface area contributed by atoms with Gasteiger partial charge in [0.05, 0.1) is 21.3 Å². The molecule has 1 aromatic heterocycles. The van der Waals surface area contributed by atoms with Gasteiger partial charge in [-0.2, -0.15) is 0 Å². The maximum atomic E-state index is 13.3. The van der Waals surface area contributed by atoms with E-state index in [1.807, 2.05) is 19.9 Å². The van der Waals surface area contributed by atoms with Crippen molar-refractivity contribution in [3.05, 3.63) is 59.2 Å². The van der Waals surface area contributed by atoms with Gasteiger partial charge in [0.1, 0.15) is 6.04 Å². The van der Waals surface area contributed by atoms with Crippen LogP contribution >= 0.6 is 11.3 Å². The summed E-state index contributed by atoms with van der Waals surface area (Å²) in [6, 6.07) is 12.0. The summed E-state index contributed by atoms with van der Waals surface area (Å²) in [6.07, 6.45) is 1.69. The molecule has 0 saturated heterocycles. The van der Waals surface area contributed by atoms with E-state index in [2.05, 4.69) is 36.3 Å². The number of rotatable bonds is 7. The van der Waals surface area contributed by atoms with Crippen LogP contribution in [0.2, 0.25) is 0 Å². The van der Waals surface area contributed by atoms with Crippen molar-refractivity contribution in [3.8, 4) is 0 Å². The van der Waals surface area contributed by atoms with Gasteiger partial charge in [-0.3, -0.25) is 19.3 Å². The lowest BCUT2D eigenvalue weighted by atomic mass is 9.96. The zero-order valence-corrected chi connectivity index (χ0v) is 19.5. The number of nitrogens with zero attached hydrogens (tertiary/aromatic N) is 2. The summed E-state index contributed by atoms with van der Waals surface area (Å²) < 4.78 is 0.999.